The Labute approximate surface area is 197 Å². The summed E-state index contributed by atoms with van der Waals surface area (Å²) in [5, 5.41) is 2.85. The van der Waals surface area contributed by atoms with Gasteiger partial charge >= 0.3 is 0 Å². The van der Waals surface area contributed by atoms with Crippen molar-refractivity contribution >= 4 is 17.2 Å². The highest BCUT2D eigenvalue weighted by atomic mass is 32.1. The number of nitrogens with zero attached hydrogens (tertiary/aromatic N) is 4. The SMILES string of the molecule is COc1ccc(CN2CCN(C(=O)Cc3csc(-c4cccnc4)n3)CC2)c(OC)c1OC. The molecule has 0 aliphatic carbocycles. The van der Waals surface area contributed by atoms with E-state index in [0.717, 1.165) is 34.9 Å². The number of aromatic nitrogens is 2. The number of pyridine rings is 1. The maximum Gasteiger partial charge on any atom is 0.228 e. The van der Waals surface area contributed by atoms with Crippen LogP contribution >= 0.6 is 11.3 Å². The van der Waals surface area contributed by atoms with Crippen molar-refractivity contribution in [3.63, 3.8) is 0 Å². The summed E-state index contributed by atoms with van der Waals surface area (Å²) in [5.41, 5.74) is 2.81. The normalized spacial score (nSPS) is 14.2. The molecule has 0 saturated carbocycles. The number of methoxy groups -OCH3 is 3. The molecule has 1 aromatic carbocycles. The van der Waals surface area contributed by atoms with E-state index in [9.17, 15) is 4.79 Å². The molecule has 1 aliphatic heterocycles. The number of amides is 1. The van der Waals surface area contributed by atoms with E-state index >= 15 is 0 Å². The maximum absolute atomic E-state index is 12.8. The lowest BCUT2D eigenvalue weighted by atomic mass is 10.1. The van der Waals surface area contributed by atoms with Gasteiger partial charge in [-0.1, -0.05) is 6.07 Å². The van der Waals surface area contributed by atoms with Gasteiger partial charge in [-0.15, -0.1) is 11.3 Å². The molecule has 0 N–H and O–H groups in total. The number of hydrogen-bond donors (Lipinski definition) is 0. The number of carbonyl (C=O) groups is 1. The highest BCUT2D eigenvalue weighted by Crippen LogP contribution is 2.40. The van der Waals surface area contributed by atoms with E-state index in [1.54, 1.807) is 45.1 Å². The van der Waals surface area contributed by atoms with Gasteiger partial charge in [-0.05, 0) is 18.2 Å². The minimum atomic E-state index is 0.112. The van der Waals surface area contributed by atoms with Gasteiger partial charge in [0.2, 0.25) is 11.7 Å². The third kappa shape index (κ3) is 5.26. The van der Waals surface area contributed by atoms with Crippen molar-refractivity contribution in [2.45, 2.75) is 13.0 Å². The first-order valence-electron chi connectivity index (χ1n) is 10.8. The lowest BCUT2D eigenvalue weighted by molar-refractivity contribution is -0.132. The quantitative estimate of drug-likeness (QED) is 0.503. The van der Waals surface area contributed by atoms with Crippen molar-refractivity contribution in [1.29, 1.82) is 0 Å². The van der Waals surface area contributed by atoms with Crippen LogP contribution in [0.25, 0.3) is 10.6 Å². The van der Waals surface area contributed by atoms with Crippen LogP contribution in [0.1, 0.15) is 11.3 Å². The van der Waals surface area contributed by atoms with Crippen LogP contribution in [0.5, 0.6) is 17.2 Å². The summed E-state index contributed by atoms with van der Waals surface area (Å²) in [5.74, 6) is 2.03. The predicted molar refractivity (Wildman–Crippen MR) is 127 cm³/mol. The van der Waals surface area contributed by atoms with E-state index in [-0.39, 0.29) is 5.91 Å². The Kier molecular flexibility index (Phi) is 7.41. The van der Waals surface area contributed by atoms with E-state index in [2.05, 4.69) is 14.9 Å². The van der Waals surface area contributed by atoms with Crippen molar-refractivity contribution in [1.82, 2.24) is 19.8 Å². The molecule has 2 aromatic heterocycles. The van der Waals surface area contributed by atoms with Gasteiger partial charge in [-0.2, -0.15) is 0 Å². The Morgan fingerprint density at radius 2 is 1.82 bits per heavy atom. The monoisotopic (exact) mass is 468 g/mol. The number of benzene rings is 1. The van der Waals surface area contributed by atoms with Crippen LogP contribution < -0.4 is 14.2 Å². The van der Waals surface area contributed by atoms with Crippen LogP contribution in [0, 0.1) is 0 Å². The highest BCUT2D eigenvalue weighted by molar-refractivity contribution is 7.13. The van der Waals surface area contributed by atoms with E-state index in [4.69, 9.17) is 14.2 Å². The lowest BCUT2D eigenvalue weighted by Crippen LogP contribution is -2.48. The molecule has 0 unspecified atom stereocenters. The number of ether oxygens (including phenoxy) is 3. The third-order valence-corrected chi connectivity index (χ3v) is 6.64. The van der Waals surface area contributed by atoms with Crippen LogP contribution in [0.2, 0.25) is 0 Å². The van der Waals surface area contributed by atoms with Gasteiger partial charge in [0, 0.05) is 61.6 Å². The fourth-order valence-electron chi connectivity index (χ4n) is 3.96. The summed E-state index contributed by atoms with van der Waals surface area (Å²) in [7, 11) is 4.85. The summed E-state index contributed by atoms with van der Waals surface area (Å²) in [6.07, 6.45) is 3.85. The van der Waals surface area contributed by atoms with Gasteiger partial charge in [0.15, 0.2) is 11.5 Å². The summed E-state index contributed by atoms with van der Waals surface area (Å²) in [4.78, 5) is 25.8. The summed E-state index contributed by atoms with van der Waals surface area (Å²) < 4.78 is 16.5. The van der Waals surface area contributed by atoms with Crippen LogP contribution in [0.4, 0.5) is 0 Å². The Morgan fingerprint density at radius 1 is 1.03 bits per heavy atom. The zero-order valence-corrected chi connectivity index (χ0v) is 19.9. The van der Waals surface area contributed by atoms with Gasteiger partial charge < -0.3 is 19.1 Å². The second kappa shape index (κ2) is 10.6. The molecular weight excluding hydrogens is 440 g/mol. The van der Waals surface area contributed by atoms with Crippen LogP contribution in [0.3, 0.4) is 0 Å². The Morgan fingerprint density at radius 3 is 2.48 bits per heavy atom. The molecule has 0 spiro atoms. The van der Waals surface area contributed by atoms with E-state index in [0.29, 0.717) is 43.3 Å². The minimum absolute atomic E-state index is 0.112. The second-order valence-corrected chi connectivity index (χ2v) is 8.57. The van der Waals surface area contributed by atoms with E-state index in [1.807, 2.05) is 34.5 Å². The molecule has 1 fully saturated rings. The average Bonchev–Trinajstić information content (AvgIpc) is 3.33. The van der Waals surface area contributed by atoms with E-state index in [1.165, 1.54) is 0 Å². The molecule has 0 atom stereocenters. The molecule has 0 radical (unpaired) electrons. The van der Waals surface area contributed by atoms with Gasteiger partial charge in [0.05, 0.1) is 33.4 Å². The standard InChI is InChI=1S/C24H28N4O4S/c1-30-20-7-6-18(22(31-2)23(20)32-3)15-27-9-11-28(12-10-27)21(29)13-19-16-33-24(26-19)17-5-4-8-25-14-17/h4-8,14,16H,9-13,15H2,1-3H3. The maximum atomic E-state index is 12.8. The first-order chi connectivity index (χ1) is 16.1. The van der Waals surface area contributed by atoms with Crippen molar-refractivity contribution in [3.05, 3.63) is 53.3 Å². The van der Waals surface area contributed by atoms with Gasteiger partial charge in [0.25, 0.3) is 0 Å². The van der Waals surface area contributed by atoms with Crippen LogP contribution in [0.15, 0.2) is 42.0 Å². The van der Waals surface area contributed by atoms with Crippen molar-refractivity contribution < 1.29 is 19.0 Å². The van der Waals surface area contributed by atoms with Crippen LogP contribution in [-0.2, 0) is 17.8 Å². The lowest BCUT2D eigenvalue weighted by Gasteiger charge is -2.35. The Bertz CT molecular complexity index is 1080. The van der Waals surface area contributed by atoms with Crippen LogP contribution in [-0.4, -0.2) is 73.2 Å². The molecule has 4 rings (SSSR count). The first kappa shape index (κ1) is 23.0. The first-order valence-corrected chi connectivity index (χ1v) is 11.6. The fraction of sp³-hybridized carbons (Fsp3) is 0.375. The number of rotatable bonds is 8. The number of piperazine rings is 1. The zero-order valence-electron chi connectivity index (χ0n) is 19.1. The van der Waals surface area contributed by atoms with Gasteiger partial charge in [-0.3, -0.25) is 14.7 Å². The summed E-state index contributed by atoms with van der Waals surface area (Å²) >= 11 is 1.54. The van der Waals surface area contributed by atoms with Crippen molar-refractivity contribution in [2.24, 2.45) is 0 Å². The molecule has 1 amide bonds. The molecule has 3 aromatic rings. The van der Waals surface area contributed by atoms with Crippen molar-refractivity contribution in [2.75, 3.05) is 47.5 Å². The topological polar surface area (TPSA) is 77.0 Å². The molecule has 174 valence electrons. The fourth-order valence-corrected chi connectivity index (χ4v) is 4.77. The Balaban J connectivity index is 1.33. The highest BCUT2D eigenvalue weighted by Gasteiger charge is 2.24. The molecule has 9 heteroatoms. The molecular formula is C24H28N4O4S. The largest absolute Gasteiger partial charge is 0.493 e. The predicted octanol–water partition coefficient (Wildman–Crippen LogP) is 3.12. The summed E-state index contributed by atoms with van der Waals surface area (Å²) in [6, 6.07) is 7.76. The Hall–Kier alpha value is -3.17. The molecule has 1 saturated heterocycles. The number of thiazole rings is 1. The van der Waals surface area contributed by atoms with Gasteiger partial charge in [-0.25, -0.2) is 4.98 Å². The molecule has 33 heavy (non-hydrogen) atoms. The number of carbonyl (C=O) groups excluding carboxylic acids is 1. The van der Waals surface area contributed by atoms with E-state index < -0.39 is 0 Å². The zero-order chi connectivity index (χ0) is 23.2. The molecule has 1 aliphatic rings. The molecule has 8 nitrogen and oxygen atoms in total. The summed E-state index contributed by atoms with van der Waals surface area (Å²) in [6.45, 7) is 3.68. The third-order valence-electron chi connectivity index (χ3n) is 5.70. The van der Waals surface area contributed by atoms with Gasteiger partial charge in [0.1, 0.15) is 5.01 Å². The number of hydrogen-bond acceptors (Lipinski definition) is 8. The minimum Gasteiger partial charge on any atom is -0.493 e. The molecule has 3 heterocycles. The smallest absolute Gasteiger partial charge is 0.228 e. The second-order valence-electron chi connectivity index (χ2n) is 7.71. The average molecular weight is 469 g/mol. The van der Waals surface area contributed by atoms with Crippen molar-refractivity contribution in [3.8, 4) is 27.8 Å². The molecule has 0 bridgehead atoms.